The van der Waals surface area contributed by atoms with Gasteiger partial charge in [0.2, 0.25) is 10.0 Å². The van der Waals surface area contributed by atoms with E-state index in [0.29, 0.717) is 6.42 Å². The van der Waals surface area contributed by atoms with Crippen molar-refractivity contribution in [1.82, 2.24) is 4.72 Å². The van der Waals surface area contributed by atoms with Gasteiger partial charge in [-0.1, -0.05) is 12.1 Å². The molecule has 0 saturated carbocycles. The molecule has 0 saturated heterocycles. The molecular weight excluding hydrogens is 268 g/mol. The maximum atomic E-state index is 12.1. The third kappa shape index (κ3) is 3.39. The highest BCUT2D eigenvalue weighted by Crippen LogP contribution is 2.18. The number of rotatable bonds is 4. The van der Waals surface area contributed by atoms with Crippen molar-refractivity contribution in [3.8, 4) is 0 Å². The van der Waals surface area contributed by atoms with Gasteiger partial charge < -0.3 is 0 Å². The predicted molar refractivity (Wildman–Crippen MR) is 70.2 cm³/mol. The van der Waals surface area contributed by atoms with Crippen molar-refractivity contribution in [3.05, 3.63) is 46.5 Å². The zero-order valence-corrected chi connectivity index (χ0v) is 10.9. The summed E-state index contributed by atoms with van der Waals surface area (Å²) in [5, 5.41) is 10.5. The Bertz CT molecular complexity index is 640. The van der Waals surface area contributed by atoms with Gasteiger partial charge in [0.1, 0.15) is 0 Å². The van der Waals surface area contributed by atoms with Gasteiger partial charge in [-0.15, -0.1) is 0 Å². The van der Waals surface area contributed by atoms with Gasteiger partial charge in [-0.25, -0.2) is 13.1 Å². The van der Waals surface area contributed by atoms with Crippen LogP contribution in [0.4, 0.5) is 5.69 Å². The van der Waals surface area contributed by atoms with Crippen LogP contribution >= 0.6 is 0 Å². The van der Waals surface area contributed by atoms with E-state index in [9.17, 15) is 18.5 Å². The van der Waals surface area contributed by atoms with Gasteiger partial charge in [0.05, 0.1) is 11.2 Å². The number of hydrogen-bond donors (Lipinski definition) is 1. The van der Waals surface area contributed by atoms with Crippen LogP contribution in [0, 0.1) is 10.1 Å². The fraction of sp³-hybridized carbons (Fsp3) is 0.333. The van der Waals surface area contributed by atoms with E-state index >= 15 is 0 Å². The summed E-state index contributed by atoms with van der Waals surface area (Å²) in [6, 6.07) is 4.41. The number of nitro benzene ring substituents is 1. The lowest BCUT2D eigenvalue weighted by atomic mass is 10.0. The average Bonchev–Trinajstić information content (AvgIpc) is 2.41. The molecule has 1 aliphatic rings. The largest absolute Gasteiger partial charge is 0.269 e. The van der Waals surface area contributed by atoms with E-state index in [1.165, 1.54) is 12.1 Å². The summed E-state index contributed by atoms with van der Waals surface area (Å²) >= 11 is 0. The van der Waals surface area contributed by atoms with Crippen LogP contribution < -0.4 is 4.72 Å². The van der Waals surface area contributed by atoms with Crippen LogP contribution in [-0.2, 0) is 10.0 Å². The molecule has 0 amide bonds. The Morgan fingerprint density at radius 3 is 2.63 bits per heavy atom. The normalized spacial score (nSPS) is 20.5. The lowest BCUT2D eigenvalue weighted by Gasteiger charge is -2.17. The molecule has 1 aliphatic carbocycles. The number of sulfonamides is 1. The SMILES string of the molecule is [2H]C1=CCCCC1NS(=O)(=O)c1ccc([N+](=O)[O-])cc1. The molecule has 1 atom stereocenters. The standard InChI is InChI=1S/C12H14N2O4S/c15-14(16)11-6-8-12(9-7-11)19(17,18)13-10-4-2-1-3-5-10/h2,4,6-10,13H,1,3,5H2/i4D. The van der Waals surface area contributed by atoms with Crippen molar-refractivity contribution in [2.45, 2.75) is 30.2 Å². The number of benzene rings is 1. The van der Waals surface area contributed by atoms with Crippen molar-refractivity contribution in [2.75, 3.05) is 0 Å². The summed E-state index contributed by atoms with van der Waals surface area (Å²) < 4.78 is 34.4. The molecule has 1 N–H and O–H groups in total. The zero-order chi connectivity index (χ0) is 14.8. The van der Waals surface area contributed by atoms with Crippen LogP contribution in [0.15, 0.2) is 41.3 Å². The molecule has 0 aliphatic heterocycles. The van der Waals surface area contributed by atoms with E-state index in [-0.39, 0.29) is 16.6 Å². The van der Waals surface area contributed by atoms with E-state index in [0.717, 1.165) is 25.0 Å². The van der Waals surface area contributed by atoms with Gasteiger partial charge in [-0.05, 0) is 31.4 Å². The quantitative estimate of drug-likeness (QED) is 0.520. The molecule has 1 aromatic carbocycles. The van der Waals surface area contributed by atoms with Gasteiger partial charge >= 0.3 is 0 Å². The first-order valence-electron chi connectivity index (χ1n) is 6.33. The maximum absolute atomic E-state index is 12.1. The first kappa shape index (κ1) is 12.3. The molecule has 6 nitrogen and oxygen atoms in total. The molecule has 0 heterocycles. The van der Waals surface area contributed by atoms with E-state index in [2.05, 4.69) is 4.72 Å². The Hall–Kier alpha value is -1.73. The summed E-state index contributed by atoms with van der Waals surface area (Å²) in [6.07, 6.45) is 3.90. The molecule has 0 aromatic heterocycles. The molecule has 0 radical (unpaired) electrons. The summed E-state index contributed by atoms with van der Waals surface area (Å²) in [5.41, 5.74) is -0.164. The van der Waals surface area contributed by atoms with Crippen LogP contribution in [0.1, 0.15) is 20.6 Å². The minimum absolute atomic E-state index is 0.0403. The Labute approximate surface area is 112 Å². The lowest BCUT2D eigenvalue weighted by molar-refractivity contribution is -0.384. The number of nitro groups is 1. The van der Waals surface area contributed by atoms with Gasteiger partial charge in [-0.2, -0.15) is 0 Å². The van der Waals surface area contributed by atoms with E-state index in [4.69, 9.17) is 1.37 Å². The van der Waals surface area contributed by atoms with Gasteiger partial charge in [0, 0.05) is 18.2 Å². The van der Waals surface area contributed by atoms with Gasteiger partial charge in [0.25, 0.3) is 5.69 Å². The predicted octanol–water partition coefficient (Wildman–Crippen LogP) is 1.98. The summed E-state index contributed by atoms with van der Waals surface area (Å²) in [4.78, 5) is 9.90. The molecule has 19 heavy (non-hydrogen) atoms. The fourth-order valence-electron chi connectivity index (χ4n) is 1.83. The molecule has 1 aromatic rings. The first-order chi connectivity index (χ1) is 9.40. The monoisotopic (exact) mass is 283 g/mol. The second-order valence-electron chi connectivity index (χ2n) is 4.23. The Morgan fingerprint density at radius 2 is 2.05 bits per heavy atom. The number of nitrogens with one attached hydrogen (secondary N) is 1. The smallest absolute Gasteiger partial charge is 0.258 e. The second-order valence-corrected chi connectivity index (χ2v) is 5.94. The van der Waals surface area contributed by atoms with Crippen LogP contribution in [0.5, 0.6) is 0 Å². The van der Waals surface area contributed by atoms with Crippen LogP contribution in [-0.4, -0.2) is 19.4 Å². The Kier molecular flexibility index (Phi) is 3.56. The van der Waals surface area contributed by atoms with E-state index in [1.807, 2.05) is 0 Å². The molecule has 102 valence electrons. The van der Waals surface area contributed by atoms with Crippen LogP contribution in [0.2, 0.25) is 0 Å². The fourth-order valence-corrected chi connectivity index (χ4v) is 3.02. The molecule has 7 heteroatoms. The van der Waals surface area contributed by atoms with E-state index < -0.39 is 21.0 Å². The molecule has 0 fully saturated rings. The maximum Gasteiger partial charge on any atom is 0.269 e. The first-order valence-corrected chi connectivity index (χ1v) is 7.32. The molecule has 0 bridgehead atoms. The summed E-state index contributed by atoms with van der Waals surface area (Å²) in [6.45, 7) is 0. The number of hydrogen-bond acceptors (Lipinski definition) is 4. The molecular formula is C12H14N2O4S. The Morgan fingerprint density at radius 1 is 1.37 bits per heavy atom. The topological polar surface area (TPSA) is 89.3 Å². The van der Waals surface area contributed by atoms with Crippen molar-refractivity contribution < 1.29 is 14.7 Å². The van der Waals surface area contributed by atoms with Crippen LogP contribution in [0.3, 0.4) is 0 Å². The van der Waals surface area contributed by atoms with Gasteiger partial charge in [-0.3, -0.25) is 10.1 Å². The van der Waals surface area contributed by atoms with Gasteiger partial charge in [0.15, 0.2) is 0 Å². The summed E-state index contributed by atoms with van der Waals surface area (Å²) in [5.74, 6) is 0. The minimum Gasteiger partial charge on any atom is -0.258 e. The van der Waals surface area contributed by atoms with Crippen molar-refractivity contribution >= 4 is 15.7 Å². The van der Waals surface area contributed by atoms with Crippen molar-refractivity contribution in [1.29, 1.82) is 0 Å². The summed E-state index contributed by atoms with van der Waals surface area (Å²) in [7, 11) is -3.77. The number of nitrogens with zero attached hydrogens (tertiary/aromatic N) is 1. The zero-order valence-electron chi connectivity index (χ0n) is 11.1. The number of non-ortho nitro benzene ring substituents is 1. The van der Waals surface area contributed by atoms with Crippen molar-refractivity contribution in [3.63, 3.8) is 0 Å². The molecule has 1 unspecified atom stereocenters. The van der Waals surface area contributed by atoms with Crippen molar-refractivity contribution in [2.24, 2.45) is 0 Å². The highest BCUT2D eigenvalue weighted by atomic mass is 32.2. The van der Waals surface area contributed by atoms with Crippen LogP contribution in [0.25, 0.3) is 0 Å². The minimum atomic E-state index is -3.77. The average molecular weight is 283 g/mol. The Balaban J connectivity index is 2.20. The third-order valence-electron chi connectivity index (χ3n) is 2.82. The molecule has 0 spiro atoms. The highest BCUT2D eigenvalue weighted by Gasteiger charge is 2.20. The van der Waals surface area contributed by atoms with E-state index in [1.54, 1.807) is 6.08 Å². The lowest BCUT2D eigenvalue weighted by Crippen LogP contribution is -2.34. The number of allylic oxidation sites excluding steroid dienone is 1. The third-order valence-corrected chi connectivity index (χ3v) is 4.30. The second kappa shape index (κ2) is 5.50. The molecule has 2 rings (SSSR count). The highest BCUT2D eigenvalue weighted by molar-refractivity contribution is 7.89.